The summed E-state index contributed by atoms with van der Waals surface area (Å²) in [5, 5.41) is 5.59. The molecule has 5 heteroatoms. The molecule has 1 heterocycles. The van der Waals surface area contributed by atoms with E-state index in [2.05, 4.69) is 24.5 Å². The van der Waals surface area contributed by atoms with Crippen LogP contribution in [0.1, 0.15) is 35.7 Å². The largest absolute Gasteiger partial charge is 0.482 e. The Morgan fingerprint density at radius 1 is 1.22 bits per heavy atom. The number of ether oxygens (including phenoxy) is 1. The van der Waals surface area contributed by atoms with Gasteiger partial charge in [-0.15, -0.1) is 0 Å². The predicted molar refractivity (Wildman–Crippen MR) is 89.1 cm³/mol. The first kappa shape index (κ1) is 15.1. The molecule has 0 fully saturated rings. The Bertz CT molecular complexity index is 769. The zero-order valence-corrected chi connectivity index (χ0v) is 13.1. The first-order valence-corrected chi connectivity index (χ1v) is 7.51. The quantitative estimate of drug-likeness (QED) is 0.913. The molecule has 2 amide bonds. The summed E-state index contributed by atoms with van der Waals surface area (Å²) < 4.78 is 5.34. The summed E-state index contributed by atoms with van der Waals surface area (Å²) in [6.45, 7) is 4.18. The van der Waals surface area contributed by atoms with Crippen LogP contribution in [0.3, 0.4) is 0 Å². The molecule has 1 aliphatic rings. The summed E-state index contributed by atoms with van der Waals surface area (Å²) in [4.78, 5) is 23.6. The van der Waals surface area contributed by atoms with Crippen molar-refractivity contribution in [3.05, 3.63) is 53.6 Å². The fourth-order valence-electron chi connectivity index (χ4n) is 2.39. The Morgan fingerprint density at radius 3 is 2.83 bits per heavy atom. The number of rotatable bonds is 3. The SMILES string of the molecule is CC(C)c1cccc(NC(=O)c2ccc3c(c2)OCC(=O)N3)c1. The van der Waals surface area contributed by atoms with Crippen LogP contribution in [0.15, 0.2) is 42.5 Å². The fourth-order valence-corrected chi connectivity index (χ4v) is 2.39. The second kappa shape index (κ2) is 6.12. The average molecular weight is 310 g/mol. The number of benzene rings is 2. The van der Waals surface area contributed by atoms with E-state index in [9.17, 15) is 9.59 Å². The number of hydrogen-bond donors (Lipinski definition) is 2. The van der Waals surface area contributed by atoms with Gasteiger partial charge >= 0.3 is 0 Å². The van der Waals surface area contributed by atoms with Gasteiger partial charge in [0.05, 0.1) is 5.69 Å². The van der Waals surface area contributed by atoms with Crippen molar-refractivity contribution in [1.29, 1.82) is 0 Å². The van der Waals surface area contributed by atoms with E-state index in [1.54, 1.807) is 18.2 Å². The molecule has 0 atom stereocenters. The van der Waals surface area contributed by atoms with Crippen LogP contribution in [-0.4, -0.2) is 18.4 Å². The van der Waals surface area contributed by atoms with Crippen LogP contribution >= 0.6 is 0 Å². The van der Waals surface area contributed by atoms with E-state index in [0.29, 0.717) is 22.9 Å². The number of hydrogen-bond acceptors (Lipinski definition) is 3. The maximum Gasteiger partial charge on any atom is 0.262 e. The van der Waals surface area contributed by atoms with Gasteiger partial charge in [0.1, 0.15) is 5.75 Å². The van der Waals surface area contributed by atoms with Gasteiger partial charge in [0.15, 0.2) is 6.61 Å². The maximum atomic E-state index is 12.4. The van der Waals surface area contributed by atoms with Crippen molar-refractivity contribution in [2.45, 2.75) is 19.8 Å². The van der Waals surface area contributed by atoms with Gasteiger partial charge in [-0.05, 0) is 41.8 Å². The molecule has 2 aromatic rings. The number of nitrogens with one attached hydrogen (secondary N) is 2. The van der Waals surface area contributed by atoms with Crippen molar-refractivity contribution in [3.63, 3.8) is 0 Å². The van der Waals surface area contributed by atoms with E-state index in [0.717, 1.165) is 5.69 Å². The highest BCUT2D eigenvalue weighted by Crippen LogP contribution is 2.29. The minimum absolute atomic E-state index is 0.0332. The number of fused-ring (bicyclic) bond motifs is 1. The number of carbonyl (C=O) groups is 2. The lowest BCUT2D eigenvalue weighted by molar-refractivity contribution is -0.118. The summed E-state index contributed by atoms with van der Waals surface area (Å²) in [6, 6.07) is 12.8. The van der Waals surface area contributed by atoms with Gasteiger partial charge in [-0.1, -0.05) is 26.0 Å². The molecule has 0 aromatic heterocycles. The first-order chi connectivity index (χ1) is 11.0. The van der Waals surface area contributed by atoms with E-state index in [1.165, 1.54) is 5.56 Å². The highest BCUT2D eigenvalue weighted by atomic mass is 16.5. The molecule has 0 spiro atoms. The van der Waals surface area contributed by atoms with Gasteiger partial charge in [-0.25, -0.2) is 0 Å². The Hall–Kier alpha value is -2.82. The third-order valence-corrected chi connectivity index (χ3v) is 3.69. The predicted octanol–water partition coefficient (Wildman–Crippen LogP) is 3.39. The summed E-state index contributed by atoms with van der Waals surface area (Å²) in [5.74, 6) is 0.496. The number of carbonyl (C=O) groups excluding carboxylic acids is 2. The van der Waals surface area contributed by atoms with Crippen molar-refractivity contribution in [1.82, 2.24) is 0 Å². The zero-order chi connectivity index (χ0) is 16.4. The van der Waals surface area contributed by atoms with Crippen LogP contribution in [0.5, 0.6) is 5.75 Å². The lowest BCUT2D eigenvalue weighted by atomic mass is 10.0. The Labute approximate surface area is 134 Å². The first-order valence-electron chi connectivity index (χ1n) is 7.51. The van der Waals surface area contributed by atoms with Crippen LogP contribution in [-0.2, 0) is 4.79 Å². The van der Waals surface area contributed by atoms with E-state index >= 15 is 0 Å². The summed E-state index contributed by atoms with van der Waals surface area (Å²) in [5.41, 5.74) is 2.99. The van der Waals surface area contributed by atoms with Gasteiger partial charge in [-0.3, -0.25) is 9.59 Å². The molecule has 0 radical (unpaired) electrons. The van der Waals surface area contributed by atoms with Gasteiger partial charge in [0.25, 0.3) is 11.8 Å². The molecule has 0 saturated carbocycles. The standard InChI is InChI=1S/C18H18N2O3/c1-11(2)12-4-3-5-14(8-12)19-18(22)13-6-7-15-16(9-13)23-10-17(21)20-15/h3-9,11H,10H2,1-2H3,(H,19,22)(H,20,21). The Morgan fingerprint density at radius 2 is 2.04 bits per heavy atom. The maximum absolute atomic E-state index is 12.4. The molecule has 3 rings (SSSR count). The van der Waals surface area contributed by atoms with E-state index in [-0.39, 0.29) is 18.4 Å². The average Bonchev–Trinajstić information content (AvgIpc) is 2.54. The van der Waals surface area contributed by atoms with E-state index in [4.69, 9.17) is 4.74 Å². The molecule has 0 unspecified atom stereocenters. The minimum Gasteiger partial charge on any atom is -0.482 e. The molecule has 1 aliphatic heterocycles. The van der Waals surface area contributed by atoms with Crippen molar-refractivity contribution in [2.24, 2.45) is 0 Å². The molecule has 2 N–H and O–H groups in total. The summed E-state index contributed by atoms with van der Waals surface area (Å²) in [7, 11) is 0. The van der Waals surface area contributed by atoms with Crippen molar-refractivity contribution >= 4 is 23.2 Å². The third kappa shape index (κ3) is 3.34. The highest BCUT2D eigenvalue weighted by Gasteiger charge is 2.18. The number of amides is 2. The van der Waals surface area contributed by atoms with Gasteiger partial charge in [0, 0.05) is 11.3 Å². The Balaban J connectivity index is 1.78. The molecule has 2 aromatic carbocycles. The minimum atomic E-state index is -0.214. The highest BCUT2D eigenvalue weighted by molar-refractivity contribution is 6.05. The molecule has 118 valence electrons. The van der Waals surface area contributed by atoms with Crippen LogP contribution in [0.4, 0.5) is 11.4 Å². The number of anilines is 2. The molecular weight excluding hydrogens is 292 g/mol. The lowest BCUT2D eigenvalue weighted by Gasteiger charge is -2.18. The second-order valence-electron chi connectivity index (χ2n) is 5.78. The van der Waals surface area contributed by atoms with Crippen LogP contribution in [0.2, 0.25) is 0 Å². The lowest BCUT2D eigenvalue weighted by Crippen LogP contribution is -2.25. The van der Waals surface area contributed by atoms with Crippen LogP contribution in [0.25, 0.3) is 0 Å². The van der Waals surface area contributed by atoms with Crippen LogP contribution in [0, 0.1) is 0 Å². The van der Waals surface area contributed by atoms with Gasteiger partial charge < -0.3 is 15.4 Å². The van der Waals surface area contributed by atoms with Gasteiger partial charge in [0.2, 0.25) is 0 Å². The molecule has 0 saturated heterocycles. The molecular formula is C18H18N2O3. The fraction of sp³-hybridized carbons (Fsp3) is 0.222. The van der Waals surface area contributed by atoms with E-state index < -0.39 is 0 Å². The molecule has 0 bridgehead atoms. The molecule has 23 heavy (non-hydrogen) atoms. The smallest absolute Gasteiger partial charge is 0.262 e. The normalized spacial score (nSPS) is 13.1. The molecule has 0 aliphatic carbocycles. The van der Waals surface area contributed by atoms with Crippen molar-refractivity contribution < 1.29 is 14.3 Å². The van der Waals surface area contributed by atoms with Crippen LogP contribution < -0.4 is 15.4 Å². The van der Waals surface area contributed by atoms with Crippen molar-refractivity contribution in [3.8, 4) is 5.75 Å². The van der Waals surface area contributed by atoms with E-state index in [1.807, 2.05) is 24.3 Å². The summed E-state index contributed by atoms with van der Waals surface area (Å²) in [6.07, 6.45) is 0. The van der Waals surface area contributed by atoms with Gasteiger partial charge in [-0.2, -0.15) is 0 Å². The monoisotopic (exact) mass is 310 g/mol. The van der Waals surface area contributed by atoms with Crippen molar-refractivity contribution in [2.75, 3.05) is 17.2 Å². The third-order valence-electron chi connectivity index (χ3n) is 3.69. The summed E-state index contributed by atoms with van der Waals surface area (Å²) >= 11 is 0. The Kier molecular flexibility index (Phi) is 4.02. The second-order valence-corrected chi connectivity index (χ2v) is 5.78. The topological polar surface area (TPSA) is 67.4 Å². The molecule has 5 nitrogen and oxygen atoms in total. The zero-order valence-electron chi connectivity index (χ0n) is 13.1.